The van der Waals surface area contributed by atoms with Gasteiger partial charge in [0.2, 0.25) is 0 Å². The molecule has 2 heterocycles. The van der Waals surface area contributed by atoms with Crippen LogP contribution in [0.2, 0.25) is 0 Å². The number of aryl methyl sites for hydroxylation is 1. The lowest BCUT2D eigenvalue weighted by molar-refractivity contribution is 0.408. The first-order valence-electron chi connectivity index (χ1n) is 9.81. The van der Waals surface area contributed by atoms with Gasteiger partial charge in [0, 0.05) is 36.1 Å². The van der Waals surface area contributed by atoms with Crippen molar-refractivity contribution >= 4 is 11.8 Å². The molecule has 4 rings (SSSR count). The molecule has 0 saturated heterocycles. The van der Waals surface area contributed by atoms with E-state index in [0.29, 0.717) is 0 Å². The third kappa shape index (κ3) is 4.54. The Morgan fingerprint density at radius 2 is 1.90 bits per heavy atom. The van der Waals surface area contributed by atoms with E-state index < -0.39 is 0 Å². The molecular formula is C25H24N2O2. The van der Waals surface area contributed by atoms with Crippen molar-refractivity contribution in [2.75, 3.05) is 13.7 Å². The quantitative estimate of drug-likeness (QED) is 0.553. The zero-order valence-electron chi connectivity index (χ0n) is 16.8. The summed E-state index contributed by atoms with van der Waals surface area (Å²) in [6.45, 7) is 2.90. The predicted octanol–water partition coefficient (Wildman–Crippen LogP) is 5.86. The Hall–Kier alpha value is -3.40. The molecule has 29 heavy (non-hydrogen) atoms. The molecule has 4 nitrogen and oxygen atoms in total. The Morgan fingerprint density at radius 3 is 2.69 bits per heavy atom. The summed E-state index contributed by atoms with van der Waals surface area (Å²) in [5, 5.41) is 0. The van der Waals surface area contributed by atoms with E-state index in [-0.39, 0.29) is 0 Å². The van der Waals surface area contributed by atoms with Crippen LogP contribution in [0.3, 0.4) is 0 Å². The highest BCUT2D eigenvalue weighted by Gasteiger charge is 2.15. The summed E-state index contributed by atoms with van der Waals surface area (Å²) in [6, 6.07) is 17.9. The number of allylic oxidation sites excluding steroid dienone is 1. The van der Waals surface area contributed by atoms with Crippen molar-refractivity contribution in [2.24, 2.45) is 4.99 Å². The van der Waals surface area contributed by atoms with E-state index in [9.17, 15) is 0 Å². The fourth-order valence-electron chi connectivity index (χ4n) is 3.48. The van der Waals surface area contributed by atoms with Crippen LogP contribution in [0.4, 0.5) is 0 Å². The Morgan fingerprint density at radius 1 is 1.00 bits per heavy atom. The van der Waals surface area contributed by atoms with Crippen LogP contribution in [-0.4, -0.2) is 24.4 Å². The van der Waals surface area contributed by atoms with Crippen LogP contribution < -0.4 is 9.47 Å². The number of nitrogens with zero attached hydrogens (tertiary/aromatic N) is 2. The molecule has 0 atom stereocenters. The molecule has 0 unspecified atom stereocenters. The molecule has 0 N–H and O–H groups in total. The van der Waals surface area contributed by atoms with Gasteiger partial charge in [0.1, 0.15) is 17.2 Å². The van der Waals surface area contributed by atoms with E-state index in [2.05, 4.69) is 17.1 Å². The summed E-state index contributed by atoms with van der Waals surface area (Å²) in [6.07, 6.45) is 7.85. The minimum atomic E-state index is 0.749. The van der Waals surface area contributed by atoms with Gasteiger partial charge in [-0.1, -0.05) is 12.1 Å². The van der Waals surface area contributed by atoms with E-state index in [4.69, 9.17) is 14.5 Å². The van der Waals surface area contributed by atoms with Crippen LogP contribution in [0.25, 0.3) is 6.08 Å². The zero-order chi connectivity index (χ0) is 20.1. The molecule has 146 valence electrons. The normalized spacial score (nSPS) is 15.1. The van der Waals surface area contributed by atoms with E-state index in [1.165, 1.54) is 5.57 Å². The number of hydrogen-bond donors (Lipinski definition) is 0. The second-order valence-electron chi connectivity index (χ2n) is 7.07. The van der Waals surface area contributed by atoms with Gasteiger partial charge in [-0.25, -0.2) is 0 Å². The Kier molecular flexibility index (Phi) is 5.71. The Balaban J connectivity index is 1.64. The highest BCUT2D eigenvalue weighted by Crippen LogP contribution is 2.31. The lowest BCUT2D eigenvalue weighted by Crippen LogP contribution is -2.12. The molecule has 0 aliphatic carbocycles. The minimum Gasteiger partial charge on any atom is -0.496 e. The van der Waals surface area contributed by atoms with Crippen molar-refractivity contribution in [3.05, 3.63) is 89.3 Å². The van der Waals surface area contributed by atoms with E-state index in [0.717, 1.165) is 59.0 Å². The molecule has 2 aromatic carbocycles. The molecule has 4 heteroatoms. The van der Waals surface area contributed by atoms with Crippen molar-refractivity contribution in [3.8, 4) is 17.2 Å². The maximum atomic E-state index is 6.00. The third-order valence-electron chi connectivity index (χ3n) is 4.87. The maximum Gasteiger partial charge on any atom is 0.131 e. The maximum absolute atomic E-state index is 6.00. The Bertz CT molecular complexity index is 1060. The Labute approximate surface area is 171 Å². The highest BCUT2D eigenvalue weighted by molar-refractivity contribution is 6.15. The summed E-state index contributed by atoms with van der Waals surface area (Å²) in [5.41, 5.74) is 5.45. The standard InChI is InChI=1S/C25H24N2O2/c1-18-6-3-9-22(14-18)29-23-11-10-19(24(16-23)28-2)15-20-7-5-13-27-25(20)21-8-4-12-26-17-21/h3-4,6,8-12,14-17H,5,7,13H2,1-2H3/b20-15+. The van der Waals surface area contributed by atoms with Gasteiger partial charge in [0.05, 0.1) is 12.8 Å². The summed E-state index contributed by atoms with van der Waals surface area (Å²) in [5.74, 6) is 2.34. The summed E-state index contributed by atoms with van der Waals surface area (Å²) in [7, 11) is 1.69. The largest absolute Gasteiger partial charge is 0.496 e. The van der Waals surface area contributed by atoms with Crippen molar-refractivity contribution < 1.29 is 9.47 Å². The fourth-order valence-corrected chi connectivity index (χ4v) is 3.48. The van der Waals surface area contributed by atoms with Crippen molar-refractivity contribution in [3.63, 3.8) is 0 Å². The first kappa shape index (κ1) is 18.9. The van der Waals surface area contributed by atoms with E-state index in [1.54, 1.807) is 13.3 Å². The summed E-state index contributed by atoms with van der Waals surface area (Å²) in [4.78, 5) is 9.00. The van der Waals surface area contributed by atoms with Gasteiger partial charge in [0.25, 0.3) is 0 Å². The lowest BCUT2D eigenvalue weighted by Gasteiger charge is -2.17. The van der Waals surface area contributed by atoms with Crippen LogP contribution in [-0.2, 0) is 0 Å². The monoisotopic (exact) mass is 384 g/mol. The topological polar surface area (TPSA) is 43.7 Å². The summed E-state index contributed by atoms with van der Waals surface area (Å²) >= 11 is 0. The zero-order valence-corrected chi connectivity index (χ0v) is 16.8. The van der Waals surface area contributed by atoms with Crippen LogP contribution >= 0.6 is 0 Å². The van der Waals surface area contributed by atoms with Gasteiger partial charge in [-0.05, 0) is 73.4 Å². The minimum absolute atomic E-state index is 0.749. The first-order valence-corrected chi connectivity index (χ1v) is 9.81. The van der Waals surface area contributed by atoms with Crippen molar-refractivity contribution in [1.82, 2.24) is 4.98 Å². The van der Waals surface area contributed by atoms with Crippen molar-refractivity contribution in [1.29, 1.82) is 0 Å². The van der Waals surface area contributed by atoms with Gasteiger partial charge in [-0.3, -0.25) is 9.98 Å². The number of aromatic nitrogens is 1. The highest BCUT2D eigenvalue weighted by atomic mass is 16.5. The molecule has 0 bridgehead atoms. The molecule has 3 aromatic rings. The number of hydrogen-bond acceptors (Lipinski definition) is 4. The van der Waals surface area contributed by atoms with Crippen LogP contribution in [0.5, 0.6) is 17.2 Å². The van der Waals surface area contributed by atoms with Gasteiger partial charge in [0.15, 0.2) is 0 Å². The average molecular weight is 384 g/mol. The molecule has 0 radical (unpaired) electrons. The molecule has 0 amide bonds. The summed E-state index contributed by atoms with van der Waals surface area (Å²) < 4.78 is 11.7. The fraction of sp³-hybridized carbons (Fsp3) is 0.200. The van der Waals surface area contributed by atoms with Crippen LogP contribution in [0.1, 0.15) is 29.5 Å². The van der Waals surface area contributed by atoms with Gasteiger partial charge in [-0.15, -0.1) is 0 Å². The van der Waals surface area contributed by atoms with Gasteiger partial charge < -0.3 is 9.47 Å². The second-order valence-corrected chi connectivity index (χ2v) is 7.07. The number of ether oxygens (including phenoxy) is 2. The number of rotatable bonds is 5. The van der Waals surface area contributed by atoms with Gasteiger partial charge >= 0.3 is 0 Å². The van der Waals surface area contributed by atoms with Crippen molar-refractivity contribution in [2.45, 2.75) is 19.8 Å². The predicted molar refractivity (Wildman–Crippen MR) is 117 cm³/mol. The van der Waals surface area contributed by atoms with E-state index in [1.807, 2.05) is 61.7 Å². The van der Waals surface area contributed by atoms with Gasteiger partial charge in [-0.2, -0.15) is 0 Å². The SMILES string of the molecule is COc1cc(Oc2cccc(C)c2)ccc1/C=C1\CCCN=C1c1cccnc1. The first-order chi connectivity index (χ1) is 14.2. The molecule has 1 aliphatic heterocycles. The van der Waals surface area contributed by atoms with Crippen LogP contribution in [0, 0.1) is 6.92 Å². The molecule has 0 spiro atoms. The molecule has 1 aliphatic rings. The second kappa shape index (κ2) is 8.74. The van der Waals surface area contributed by atoms with Crippen LogP contribution in [0.15, 0.2) is 77.6 Å². The smallest absolute Gasteiger partial charge is 0.131 e. The van der Waals surface area contributed by atoms with E-state index >= 15 is 0 Å². The molecular weight excluding hydrogens is 360 g/mol. The number of methoxy groups -OCH3 is 1. The third-order valence-corrected chi connectivity index (χ3v) is 4.87. The molecule has 0 saturated carbocycles. The number of pyridine rings is 1. The number of benzene rings is 2. The number of aliphatic imine (C=N–C) groups is 1. The lowest BCUT2D eigenvalue weighted by atomic mass is 9.94. The molecule has 1 aromatic heterocycles. The average Bonchev–Trinajstić information content (AvgIpc) is 2.76. The molecule has 0 fully saturated rings.